The summed E-state index contributed by atoms with van der Waals surface area (Å²) in [5.74, 6) is 0.370. The molecule has 0 radical (unpaired) electrons. The van der Waals surface area contributed by atoms with Crippen molar-refractivity contribution in [3.05, 3.63) is 28.3 Å². The minimum absolute atomic E-state index is 0.189. The van der Waals surface area contributed by atoms with E-state index in [4.69, 9.17) is 16.3 Å². The molecule has 0 aliphatic carbocycles. The zero-order valence-corrected chi connectivity index (χ0v) is 11.4. The number of hydrogen-bond acceptors (Lipinski definition) is 3. The molecule has 3 nitrogen and oxygen atoms in total. The van der Waals surface area contributed by atoms with Crippen LogP contribution in [0.3, 0.4) is 0 Å². The second-order valence-corrected chi connectivity index (χ2v) is 4.13. The van der Waals surface area contributed by atoms with Crippen LogP contribution in [0.25, 0.3) is 0 Å². The minimum atomic E-state index is -0.300. The fourth-order valence-corrected chi connectivity index (χ4v) is 2.25. The maximum absolute atomic E-state index is 11.2. The van der Waals surface area contributed by atoms with Crippen LogP contribution < -0.4 is 4.74 Å². The van der Waals surface area contributed by atoms with Gasteiger partial charge in [-0.05, 0) is 17.7 Å². The topological polar surface area (TPSA) is 35.5 Å². The van der Waals surface area contributed by atoms with E-state index in [9.17, 15) is 4.79 Å². The molecule has 0 spiro atoms. The van der Waals surface area contributed by atoms with Gasteiger partial charge in [-0.1, -0.05) is 27.5 Å². The molecule has 1 aromatic carbocycles. The predicted molar refractivity (Wildman–Crippen MR) is 66.4 cm³/mol. The van der Waals surface area contributed by atoms with Gasteiger partial charge in [-0.3, -0.25) is 4.79 Å². The van der Waals surface area contributed by atoms with Crippen LogP contribution in [-0.4, -0.2) is 20.2 Å². The molecule has 0 saturated heterocycles. The highest BCUT2D eigenvalue weighted by molar-refractivity contribution is 9.08. The van der Waals surface area contributed by atoms with Crippen LogP contribution in [0.1, 0.15) is 11.1 Å². The van der Waals surface area contributed by atoms with Gasteiger partial charge in [0.05, 0.1) is 20.6 Å². The van der Waals surface area contributed by atoms with Gasteiger partial charge in [0, 0.05) is 15.9 Å². The second kappa shape index (κ2) is 6.11. The molecule has 0 N–H and O–H groups in total. The van der Waals surface area contributed by atoms with Gasteiger partial charge in [-0.25, -0.2) is 0 Å². The van der Waals surface area contributed by atoms with Crippen molar-refractivity contribution in [3.8, 4) is 5.75 Å². The molecule has 1 aromatic rings. The van der Waals surface area contributed by atoms with Gasteiger partial charge in [0.25, 0.3) is 0 Å². The number of carbonyl (C=O) groups is 1. The molecule has 0 saturated carbocycles. The van der Waals surface area contributed by atoms with E-state index in [2.05, 4.69) is 20.7 Å². The number of methoxy groups -OCH3 is 2. The molecule has 0 aromatic heterocycles. The Balaban J connectivity index is 3.14. The van der Waals surface area contributed by atoms with E-state index in [1.165, 1.54) is 7.11 Å². The van der Waals surface area contributed by atoms with E-state index in [1.807, 2.05) is 0 Å². The highest BCUT2D eigenvalue weighted by Crippen LogP contribution is 2.29. The Morgan fingerprint density at radius 1 is 1.44 bits per heavy atom. The van der Waals surface area contributed by atoms with E-state index in [1.54, 1.807) is 19.2 Å². The lowest BCUT2D eigenvalue weighted by atomic mass is 10.0. The van der Waals surface area contributed by atoms with Gasteiger partial charge in [0.15, 0.2) is 0 Å². The molecule has 0 amide bonds. The fourth-order valence-electron chi connectivity index (χ4n) is 1.39. The van der Waals surface area contributed by atoms with Crippen molar-refractivity contribution in [2.24, 2.45) is 0 Å². The average Bonchev–Trinajstić information content (AvgIpc) is 2.28. The molecule has 0 heterocycles. The predicted octanol–water partition coefficient (Wildman–Crippen LogP) is 2.96. The van der Waals surface area contributed by atoms with Gasteiger partial charge in [-0.15, -0.1) is 0 Å². The molecule has 88 valence electrons. The van der Waals surface area contributed by atoms with Crippen molar-refractivity contribution in [2.45, 2.75) is 11.8 Å². The third-order valence-corrected chi connectivity index (χ3v) is 2.96. The zero-order valence-electron chi connectivity index (χ0n) is 9.05. The highest BCUT2D eigenvalue weighted by Gasteiger charge is 2.13. The molecule has 5 heteroatoms. The third kappa shape index (κ3) is 3.12. The van der Waals surface area contributed by atoms with E-state index in [-0.39, 0.29) is 12.4 Å². The summed E-state index contributed by atoms with van der Waals surface area (Å²) in [4.78, 5) is 11.2. The number of alkyl halides is 1. The summed E-state index contributed by atoms with van der Waals surface area (Å²) in [6.07, 6.45) is 0.189. The SMILES string of the molecule is COC(=O)Cc1cc(Cl)cc(OC)c1CBr. The molecule has 0 bridgehead atoms. The summed E-state index contributed by atoms with van der Waals surface area (Å²) < 4.78 is 9.84. The summed E-state index contributed by atoms with van der Waals surface area (Å²) in [6, 6.07) is 3.47. The monoisotopic (exact) mass is 306 g/mol. The van der Waals surface area contributed by atoms with Gasteiger partial charge < -0.3 is 9.47 Å². The van der Waals surface area contributed by atoms with E-state index in [0.29, 0.717) is 16.1 Å². The maximum atomic E-state index is 11.2. The molecule has 0 atom stereocenters. The summed E-state index contributed by atoms with van der Waals surface area (Å²) in [6.45, 7) is 0. The van der Waals surface area contributed by atoms with Gasteiger partial charge >= 0.3 is 5.97 Å². The molecule has 0 aliphatic rings. The minimum Gasteiger partial charge on any atom is -0.496 e. The number of rotatable bonds is 4. The Bertz CT molecular complexity index is 393. The quantitative estimate of drug-likeness (QED) is 0.634. The Labute approximate surface area is 108 Å². The van der Waals surface area contributed by atoms with Gasteiger partial charge in [-0.2, -0.15) is 0 Å². The Morgan fingerprint density at radius 3 is 2.62 bits per heavy atom. The van der Waals surface area contributed by atoms with E-state index in [0.717, 1.165) is 11.1 Å². The number of halogens is 2. The average molecular weight is 308 g/mol. The van der Waals surface area contributed by atoms with Crippen LogP contribution in [0.4, 0.5) is 0 Å². The fraction of sp³-hybridized carbons (Fsp3) is 0.364. The lowest BCUT2D eigenvalue weighted by molar-refractivity contribution is -0.139. The van der Waals surface area contributed by atoms with Crippen LogP contribution in [-0.2, 0) is 21.3 Å². The Hall–Kier alpha value is -0.740. The normalized spacial score (nSPS) is 10.0. The molecule has 0 unspecified atom stereocenters. The number of carbonyl (C=O) groups excluding carboxylic acids is 1. The van der Waals surface area contributed by atoms with Crippen LogP contribution in [0.2, 0.25) is 5.02 Å². The molecule has 1 rings (SSSR count). The lowest BCUT2D eigenvalue weighted by Gasteiger charge is -2.12. The van der Waals surface area contributed by atoms with Crippen molar-refractivity contribution < 1.29 is 14.3 Å². The lowest BCUT2D eigenvalue weighted by Crippen LogP contribution is -2.07. The zero-order chi connectivity index (χ0) is 12.1. The number of hydrogen-bond donors (Lipinski definition) is 0. The van der Waals surface area contributed by atoms with E-state index >= 15 is 0 Å². The first kappa shape index (κ1) is 13.3. The van der Waals surface area contributed by atoms with Crippen molar-refractivity contribution in [2.75, 3.05) is 14.2 Å². The number of ether oxygens (including phenoxy) is 2. The Morgan fingerprint density at radius 2 is 2.12 bits per heavy atom. The maximum Gasteiger partial charge on any atom is 0.309 e. The van der Waals surface area contributed by atoms with Crippen LogP contribution in [0.5, 0.6) is 5.75 Å². The van der Waals surface area contributed by atoms with Gasteiger partial charge in [0.1, 0.15) is 5.75 Å². The summed E-state index contributed by atoms with van der Waals surface area (Å²) in [5.41, 5.74) is 1.73. The van der Waals surface area contributed by atoms with Gasteiger partial charge in [0.2, 0.25) is 0 Å². The van der Waals surface area contributed by atoms with Crippen LogP contribution >= 0.6 is 27.5 Å². The third-order valence-electron chi connectivity index (χ3n) is 2.18. The first-order chi connectivity index (χ1) is 7.62. The van der Waals surface area contributed by atoms with Crippen LogP contribution in [0, 0.1) is 0 Å². The summed E-state index contributed by atoms with van der Waals surface area (Å²) in [7, 11) is 2.93. The molecular formula is C11H12BrClO3. The number of esters is 1. The standard InChI is InChI=1S/C11H12BrClO3/c1-15-10-5-8(13)3-7(9(10)6-12)4-11(14)16-2/h3,5H,4,6H2,1-2H3. The molecule has 0 aliphatic heterocycles. The number of benzene rings is 1. The molecular weight excluding hydrogens is 295 g/mol. The first-order valence-electron chi connectivity index (χ1n) is 4.60. The van der Waals surface area contributed by atoms with Crippen LogP contribution in [0.15, 0.2) is 12.1 Å². The molecule has 0 fully saturated rings. The molecule has 16 heavy (non-hydrogen) atoms. The summed E-state index contributed by atoms with van der Waals surface area (Å²) in [5, 5.41) is 1.14. The van der Waals surface area contributed by atoms with Crippen molar-refractivity contribution >= 4 is 33.5 Å². The Kier molecular flexibility index (Phi) is 5.09. The second-order valence-electron chi connectivity index (χ2n) is 3.13. The van der Waals surface area contributed by atoms with Crippen molar-refractivity contribution in [1.82, 2.24) is 0 Å². The largest absolute Gasteiger partial charge is 0.496 e. The van der Waals surface area contributed by atoms with E-state index < -0.39 is 0 Å². The summed E-state index contributed by atoms with van der Waals surface area (Å²) >= 11 is 9.30. The van der Waals surface area contributed by atoms with Crippen molar-refractivity contribution in [3.63, 3.8) is 0 Å². The first-order valence-corrected chi connectivity index (χ1v) is 6.10. The highest BCUT2D eigenvalue weighted by atomic mass is 79.9. The van der Waals surface area contributed by atoms with Crippen molar-refractivity contribution in [1.29, 1.82) is 0 Å². The smallest absolute Gasteiger partial charge is 0.309 e.